The van der Waals surface area contributed by atoms with Crippen molar-refractivity contribution in [3.05, 3.63) is 45.9 Å². The SMILES string of the molecule is CC(C)c1nc(COc2cccc([C@H](C)N)c2)cs1. The molecule has 0 unspecified atom stereocenters. The highest BCUT2D eigenvalue weighted by Crippen LogP contribution is 2.21. The summed E-state index contributed by atoms with van der Waals surface area (Å²) in [5.41, 5.74) is 7.93. The van der Waals surface area contributed by atoms with Crippen LogP contribution >= 0.6 is 11.3 Å². The molecule has 0 aliphatic rings. The van der Waals surface area contributed by atoms with E-state index in [9.17, 15) is 0 Å². The number of ether oxygens (including phenoxy) is 1. The Morgan fingerprint density at radius 3 is 2.74 bits per heavy atom. The lowest BCUT2D eigenvalue weighted by Crippen LogP contribution is -2.05. The Morgan fingerprint density at radius 2 is 2.11 bits per heavy atom. The van der Waals surface area contributed by atoms with Gasteiger partial charge in [-0.15, -0.1) is 11.3 Å². The topological polar surface area (TPSA) is 48.1 Å². The maximum absolute atomic E-state index is 5.86. The molecule has 0 fully saturated rings. The van der Waals surface area contributed by atoms with Crippen molar-refractivity contribution in [2.75, 3.05) is 0 Å². The van der Waals surface area contributed by atoms with Gasteiger partial charge in [0.05, 0.1) is 10.7 Å². The van der Waals surface area contributed by atoms with Crippen molar-refractivity contribution in [1.82, 2.24) is 4.98 Å². The highest BCUT2D eigenvalue weighted by molar-refractivity contribution is 7.09. The molecule has 0 amide bonds. The average molecular weight is 276 g/mol. The molecule has 2 N–H and O–H groups in total. The Labute approximate surface area is 118 Å². The van der Waals surface area contributed by atoms with Gasteiger partial charge in [-0.1, -0.05) is 26.0 Å². The summed E-state index contributed by atoms with van der Waals surface area (Å²) in [7, 11) is 0. The third kappa shape index (κ3) is 3.78. The minimum absolute atomic E-state index is 0.0235. The van der Waals surface area contributed by atoms with Crippen molar-refractivity contribution in [2.45, 2.75) is 39.3 Å². The second-order valence-electron chi connectivity index (χ2n) is 4.98. The number of hydrogen-bond acceptors (Lipinski definition) is 4. The van der Waals surface area contributed by atoms with E-state index in [1.165, 1.54) is 0 Å². The number of aromatic nitrogens is 1. The Balaban J connectivity index is 1.99. The molecule has 0 aliphatic heterocycles. The first-order valence-corrected chi connectivity index (χ1v) is 7.37. The molecule has 0 radical (unpaired) electrons. The van der Waals surface area contributed by atoms with Gasteiger partial charge >= 0.3 is 0 Å². The molecule has 0 saturated heterocycles. The molecule has 1 heterocycles. The van der Waals surface area contributed by atoms with Gasteiger partial charge in [0.15, 0.2) is 0 Å². The largest absolute Gasteiger partial charge is 0.487 e. The van der Waals surface area contributed by atoms with Crippen molar-refractivity contribution in [2.24, 2.45) is 5.73 Å². The molecular formula is C15H20N2OS. The number of thiazole rings is 1. The molecule has 0 bridgehead atoms. The van der Waals surface area contributed by atoms with E-state index in [-0.39, 0.29) is 6.04 Å². The number of hydrogen-bond donors (Lipinski definition) is 1. The fraction of sp³-hybridized carbons (Fsp3) is 0.400. The summed E-state index contributed by atoms with van der Waals surface area (Å²) in [6.07, 6.45) is 0. The molecule has 1 aromatic carbocycles. The van der Waals surface area contributed by atoms with Gasteiger partial charge in [0, 0.05) is 17.3 Å². The summed E-state index contributed by atoms with van der Waals surface area (Å²) >= 11 is 1.69. The average Bonchev–Trinajstić information content (AvgIpc) is 2.85. The summed E-state index contributed by atoms with van der Waals surface area (Å²) in [6, 6.07) is 7.93. The van der Waals surface area contributed by atoms with E-state index < -0.39 is 0 Å². The maximum atomic E-state index is 5.86. The summed E-state index contributed by atoms with van der Waals surface area (Å²) in [4.78, 5) is 4.55. The predicted octanol–water partition coefficient (Wildman–Crippen LogP) is 3.87. The summed E-state index contributed by atoms with van der Waals surface area (Å²) in [5, 5.41) is 3.22. The molecule has 0 aliphatic carbocycles. The minimum Gasteiger partial charge on any atom is -0.487 e. The van der Waals surface area contributed by atoms with Gasteiger partial charge in [-0.25, -0.2) is 4.98 Å². The lowest BCUT2D eigenvalue weighted by molar-refractivity contribution is 0.301. The van der Waals surface area contributed by atoms with Crippen LogP contribution in [-0.4, -0.2) is 4.98 Å². The molecule has 1 aromatic heterocycles. The quantitative estimate of drug-likeness (QED) is 0.902. The second kappa shape index (κ2) is 6.17. The molecule has 4 heteroatoms. The predicted molar refractivity (Wildman–Crippen MR) is 79.6 cm³/mol. The van der Waals surface area contributed by atoms with Crippen molar-refractivity contribution < 1.29 is 4.74 Å². The van der Waals surface area contributed by atoms with Gasteiger partial charge in [0.2, 0.25) is 0 Å². The first-order valence-electron chi connectivity index (χ1n) is 6.49. The highest BCUT2D eigenvalue weighted by Gasteiger charge is 2.07. The zero-order valence-corrected chi connectivity index (χ0v) is 12.4. The minimum atomic E-state index is 0.0235. The molecule has 1 atom stereocenters. The van der Waals surface area contributed by atoms with Crippen molar-refractivity contribution in [3.63, 3.8) is 0 Å². The fourth-order valence-electron chi connectivity index (χ4n) is 1.70. The van der Waals surface area contributed by atoms with E-state index in [4.69, 9.17) is 10.5 Å². The Bertz CT molecular complexity index is 534. The zero-order chi connectivity index (χ0) is 13.8. The number of benzene rings is 1. The molecular weight excluding hydrogens is 256 g/mol. The van der Waals surface area contributed by atoms with Crippen LogP contribution in [0.5, 0.6) is 5.75 Å². The third-order valence-corrected chi connectivity index (χ3v) is 4.03. The van der Waals surface area contributed by atoms with Crippen LogP contribution in [-0.2, 0) is 6.61 Å². The van der Waals surface area contributed by atoms with Crippen LogP contribution < -0.4 is 10.5 Å². The van der Waals surface area contributed by atoms with Crippen LogP contribution in [0.25, 0.3) is 0 Å². The summed E-state index contributed by atoms with van der Waals surface area (Å²) < 4.78 is 5.76. The van der Waals surface area contributed by atoms with Gasteiger partial charge in [0.1, 0.15) is 12.4 Å². The third-order valence-electron chi connectivity index (χ3n) is 2.83. The van der Waals surface area contributed by atoms with E-state index in [1.807, 2.05) is 31.2 Å². The van der Waals surface area contributed by atoms with E-state index in [0.29, 0.717) is 12.5 Å². The fourth-order valence-corrected chi connectivity index (χ4v) is 2.52. The maximum Gasteiger partial charge on any atom is 0.131 e. The Hall–Kier alpha value is -1.39. The van der Waals surface area contributed by atoms with Gasteiger partial charge in [0.25, 0.3) is 0 Å². The van der Waals surface area contributed by atoms with E-state index in [1.54, 1.807) is 11.3 Å². The van der Waals surface area contributed by atoms with Crippen LogP contribution in [0.1, 0.15) is 49.0 Å². The van der Waals surface area contributed by atoms with Crippen molar-refractivity contribution in [3.8, 4) is 5.75 Å². The zero-order valence-electron chi connectivity index (χ0n) is 11.6. The van der Waals surface area contributed by atoms with Crippen LogP contribution in [0.3, 0.4) is 0 Å². The van der Waals surface area contributed by atoms with Crippen LogP contribution in [0.2, 0.25) is 0 Å². The standard InChI is InChI=1S/C15H20N2OS/c1-10(2)15-17-13(9-19-15)8-18-14-6-4-5-12(7-14)11(3)16/h4-7,9-11H,8,16H2,1-3H3/t11-/m0/s1. The highest BCUT2D eigenvalue weighted by atomic mass is 32.1. The first kappa shape index (κ1) is 14.0. The van der Waals surface area contributed by atoms with Gasteiger partial charge < -0.3 is 10.5 Å². The lowest BCUT2D eigenvalue weighted by Gasteiger charge is -2.09. The normalized spacial score (nSPS) is 12.7. The molecule has 0 spiro atoms. The summed E-state index contributed by atoms with van der Waals surface area (Å²) in [5.74, 6) is 1.31. The Morgan fingerprint density at radius 1 is 1.32 bits per heavy atom. The van der Waals surface area contributed by atoms with Gasteiger partial charge in [-0.2, -0.15) is 0 Å². The molecule has 2 rings (SSSR count). The van der Waals surface area contributed by atoms with Gasteiger partial charge in [-0.05, 0) is 24.6 Å². The van der Waals surface area contributed by atoms with Crippen LogP contribution in [0, 0.1) is 0 Å². The van der Waals surface area contributed by atoms with Crippen molar-refractivity contribution in [1.29, 1.82) is 0 Å². The summed E-state index contributed by atoms with van der Waals surface area (Å²) in [6.45, 7) is 6.77. The van der Waals surface area contributed by atoms with Crippen LogP contribution in [0.4, 0.5) is 0 Å². The van der Waals surface area contributed by atoms with E-state index >= 15 is 0 Å². The smallest absolute Gasteiger partial charge is 0.131 e. The second-order valence-corrected chi connectivity index (χ2v) is 5.87. The van der Waals surface area contributed by atoms with E-state index in [2.05, 4.69) is 24.2 Å². The van der Waals surface area contributed by atoms with Crippen LogP contribution in [0.15, 0.2) is 29.6 Å². The molecule has 19 heavy (non-hydrogen) atoms. The van der Waals surface area contributed by atoms with Gasteiger partial charge in [-0.3, -0.25) is 0 Å². The molecule has 2 aromatic rings. The lowest BCUT2D eigenvalue weighted by atomic mass is 10.1. The monoisotopic (exact) mass is 276 g/mol. The first-order chi connectivity index (χ1) is 9.06. The van der Waals surface area contributed by atoms with E-state index in [0.717, 1.165) is 22.0 Å². The van der Waals surface area contributed by atoms with Crippen molar-refractivity contribution >= 4 is 11.3 Å². The molecule has 0 saturated carbocycles. The molecule has 102 valence electrons. The number of nitrogens with zero attached hydrogens (tertiary/aromatic N) is 1. The Kier molecular flexibility index (Phi) is 4.56. The number of rotatable bonds is 5. The number of nitrogens with two attached hydrogens (primary N) is 1. The molecule has 3 nitrogen and oxygen atoms in total.